The summed E-state index contributed by atoms with van der Waals surface area (Å²) in [7, 11) is 0. The number of nitrogens with two attached hydrogens (primary N) is 1. The van der Waals surface area contributed by atoms with E-state index in [2.05, 4.69) is 19.6 Å². The van der Waals surface area contributed by atoms with E-state index in [1.807, 2.05) is 25.2 Å². The van der Waals surface area contributed by atoms with E-state index in [0.717, 1.165) is 6.42 Å². The van der Waals surface area contributed by atoms with Crippen molar-refractivity contribution in [2.45, 2.75) is 20.3 Å². The molecule has 0 aromatic carbocycles. The highest BCUT2D eigenvalue weighted by Gasteiger charge is 1.59. The van der Waals surface area contributed by atoms with Gasteiger partial charge in [0.2, 0.25) is 0 Å². The van der Waals surface area contributed by atoms with Gasteiger partial charge in [-0.25, -0.2) is 0 Å². The predicted molar refractivity (Wildman–Crippen MR) is 53.5 cm³/mol. The molecule has 1 heteroatoms. The Kier molecular flexibility index (Phi) is 18.7. The van der Waals surface area contributed by atoms with Crippen molar-refractivity contribution in [1.29, 1.82) is 0 Å². The molecule has 0 rings (SSSR count). The first-order chi connectivity index (χ1) is 5.33. The number of allylic oxidation sites excluding steroid dienone is 4. The first kappa shape index (κ1) is 12.8. The average Bonchev–Trinajstić information content (AvgIpc) is 2.04. The lowest BCUT2D eigenvalue weighted by Crippen LogP contribution is -1.91. The summed E-state index contributed by atoms with van der Waals surface area (Å²) in [6.45, 7) is 8.19. The third-order valence-electron chi connectivity index (χ3n) is 0.867. The number of hydrogen-bond donors (Lipinski definition) is 1. The molecule has 0 aromatic heterocycles. The van der Waals surface area contributed by atoms with Gasteiger partial charge in [0.1, 0.15) is 0 Å². The molecule has 0 aliphatic heterocycles. The molecule has 0 fully saturated rings. The summed E-state index contributed by atoms with van der Waals surface area (Å²) in [4.78, 5) is 0. The second-order valence-corrected chi connectivity index (χ2v) is 1.88. The summed E-state index contributed by atoms with van der Waals surface area (Å²) in [6, 6.07) is 0. The smallest absolute Gasteiger partial charge is 0.0106 e. The summed E-state index contributed by atoms with van der Waals surface area (Å²) < 4.78 is 0. The van der Waals surface area contributed by atoms with Crippen LogP contribution in [0.4, 0.5) is 0 Å². The topological polar surface area (TPSA) is 26.0 Å². The van der Waals surface area contributed by atoms with E-state index in [1.165, 1.54) is 0 Å². The minimum absolute atomic E-state index is 0.674. The fourth-order valence-electron chi connectivity index (χ4n) is 0.399. The Labute approximate surface area is 70.3 Å². The van der Waals surface area contributed by atoms with Crippen LogP contribution in [-0.4, -0.2) is 6.54 Å². The quantitative estimate of drug-likeness (QED) is 0.489. The maximum Gasteiger partial charge on any atom is 0.0106 e. The molecule has 0 amide bonds. The zero-order valence-electron chi connectivity index (χ0n) is 7.59. The maximum atomic E-state index is 5.13. The maximum absolute atomic E-state index is 5.13. The van der Waals surface area contributed by atoms with Gasteiger partial charge in [-0.3, -0.25) is 0 Å². The van der Waals surface area contributed by atoms with E-state index in [9.17, 15) is 0 Å². The van der Waals surface area contributed by atoms with Crippen molar-refractivity contribution in [3.63, 3.8) is 0 Å². The second kappa shape index (κ2) is 16.1. The summed E-state index contributed by atoms with van der Waals surface area (Å²) in [6.07, 6.45) is 10.7. The van der Waals surface area contributed by atoms with Crippen molar-refractivity contribution < 1.29 is 0 Å². The molecule has 2 N–H and O–H groups in total. The van der Waals surface area contributed by atoms with Crippen LogP contribution in [0.2, 0.25) is 0 Å². The molecular weight excluding hydrogens is 134 g/mol. The Morgan fingerprint density at radius 2 is 2.00 bits per heavy atom. The van der Waals surface area contributed by atoms with Gasteiger partial charge in [-0.2, -0.15) is 0 Å². The lowest BCUT2D eigenvalue weighted by molar-refractivity contribution is 1.17. The lowest BCUT2D eigenvalue weighted by atomic mass is 10.4. The monoisotopic (exact) mass is 153 g/mol. The molecule has 0 spiro atoms. The summed E-state index contributed by atoms with van der Waals surface area (Å²) in [5.41, 5.74) is 5.13. The first-order valence-electron chi connectivity index (χ1n) is 3.92. The molecule has 0 heterocycles. The molecule has 0 bridgehead atoms. The Bertz CT molecular complexity index is 106. The van der Waals surface area contributed by atoms with Crippen molar-refractivity contribution in [2.24, 2.45) is 5.73 Å². The van der Waals surface area contributed by atoms with E-state index in [4.69, 9.17) is 5.73 Å². The Morgan fingerprint density at radius 3 is 2.09 bits per heavy atom. The van der Waals surface area contributed by atoms with Crippen molar-refractivity contribution >= 4 is 0 Å². The molecule has 0 aromatic rings. The van der Waals surface area contributed by atoms with Crippen LogP contribution in [-0.2, 0) is 0 Å². The van der Waals surface area contributed by atoms with Gasteiger partial charge in [-0.15, -0.1) is 0 Å². The molecule has 0 saturated heterocycles. The fourth-order valence-corrected chi connectivity index (χ4v) is 0.399. The first-order valence-corrected chi connectivity index (χ1v) is 3.92. The van der Waals surface area contributed by atoms with Gasteiger partial charge < -0.3 is 5.73 Å². The van der Waals surface area contributed by atoms with E-state index < -0.39 is 0 Å². The summed E-state index contributed by atoms with van der Waals surface area (Å²) >= 11 is 0. The molecule has 64 valence electrons. The molecule has 0 atom stereocenters. The van der Waals surface area contributed by atoms with E-state index in [0.29, 0.717) is 6.54 Å². The van der Waals surface area contributed by atoms with Crippen LogP contribution in [0.15, 0.2) is 37.0 Å². The van der Waals surface area contributed by atoms with Crippen molar-refractivity contribution in [3.05, 3.63) is 37.0 Å². The van der Waals surface area contributed by atoms with Gasteiger partial charge >= 0.3 is 0 Å². The van der Waals surface area contributed by atoms with Gasteiger partial charge in [0.25, 0.3) is 0 Å². The third kappa shape index (κ3) is 27.1. The van der Waals surface area contributed by atoms with Crippen molar-refractivity contribution in [3.8, 4) is 0 Å². The SMILES string of the molecule is C=C/C=C\C.CC/C=C\CN. The van der Waals surface area contributed by atoms with E-state index in [1.54, 1.807) is 6.08 Å². The van der Waals surface area contributed by atoms with Gasteiger partial charge in [-0.1, -0.05) is 43.9 Å². The third-order valence-corrected chi connectivity index (χ3v) is 0.867. The highest BCUT2D eigenvalue weighted by Crippen LogP contribution is 1.73. The fraction of sp³-hybridized carbons (Fsp3) is 0.400. The van der Waals surface area contributed by atoms with Gasteiger partial charge in [0.15, 0.2) is 0 Å². The molecule has 1 nitrogen and oxygen atoms in total. The Balaban J connectivity index is 0. The molecule has 11 heavy (non-hydrogen) atoms. The normalized spacial score (nSPS) is 9.73. The minimum Gasteiger partial charge on any atom is -0.327 e. The number of rotatable bonds is 3. The van der Waals surface area contributed by atoms with Gasteiger partial charge in [0.05, 0.1) is 0 Å². The lowest BCUT2D eigenvalue weighted by Gasteiger charge is -1.73. The zero-order valence-corrected chi connectivity index (χ0v) is 7.59. The number of hydrogen-bond acceptors (Lipinski definition) is 1. The van der Waals surface area contributed by atoms with Crippen LogP contribution >= 0.6 is 0 Å². The molecule has 0 aliphatic rings. The molecular formula is C10H19N. The largest absolute Gasteiger partial charge is 0.327 e. The van der Waals surface area contributed by atoms with Crippen molar-refractivity contribution in [1.82, 2.24) is 0 Å². The van der Waals surface area contributed by atoms with Crippen LogP contribution in [0.5, 0.6) is 0 Å². The van der Waals surface area contributed by atoms with Crippen LogP contribution < -0.4 is 5.73 Å². The van der Waals surface area contributed by atoms with Crippen LogP contribution in [0, 0.1) is 0 Å². The zero-order chi connectivity index (χ0) is 8.95. The average molecular weight is 153 g/mol. The molecule has 0 saturated carbocycles. The van der Waals surface area contributed by atoms with Crippen molar-refractivity contribution in [2.75, 3.05) is 6.54 Å². The highest BCUT2D eigenvalue weighted by atomic mass is 14.5. The Morgan fingerprint density at radius 1 is 1.36 bits per heavy atom. The van der Waals surface area contributed by atoms with Crippen LogP contribution in [0.25, 0.3) is 0 Å². The Hall–Kier alpha value is -0.820. The van der Waals surface area contributed by atoms with Gasteiger partial charge in [0, 0.05) is 6.54 Å². The predicted octanol–water partition coefficient (Wildman–Crippen LogP) is 2.66. The summed E-state index contributed by atoms with van der Waals surface area (Å²) in [5, 5.41) is 0. The molecule has 0 unspecified atom stereocenters. The van der Waals surface area contributed by atoms with Crippen LogP contribution in [0.3, 0.4) is 0 Å². The van der Waals surface area contributed by atoms with Gasteiger partial charge in [-0.05, 0) is 13.3 Å². The van der Waals surface area contributed by atoms with E-state index in [-0.39, 0.29) is 0 Å². The second-order valence-electron chi connectivity index (χ2n) is 1.88. The van der Waals surface area contributed by atoms with E-state index >= 15 is 0 Å². The molecule has 0 radical (unpaired) electrons. The minimum atomic E-state index is 0.674. The van der Waals surface area contributed by atoms with Crippen LogP contribution in [0.1, 0.15) is 20.3 Å². The molecule has 0 aliphatic carbocycles. The summed E-state index contributed by atoms with van der Waals surface area (Å²) in [5.74, 6) is 0. The highest BCUT2D eigenvalue weighted by molar-refractivity contribution is 4.94. The standard InChI is InChI=1S/C5H11N.C5H8/c1-2-3-4-5-6;1-3-5-4-2/h3-4H,2,5-6H2,1H3;3-5H,1H2,2H3/b4-3-;5-4-.